The Labute approximate surface area is 141 Å². The minimum absolute atomic E-state index is 0.0409. The molecular weight excluding hydrogens is 302 g/mol. The van der Waals surface area contributed by atoms with Gasteiger partial charge in [0.1, 0.15) is 0 Å². The van der Waals surface area contributed by atoms with E-state index in [0.29, 0.717) is 6.42 Å². The summed E-state index contributed by atoms with van der Waals surface area (Å²) in [6, 6.07) is 9.93. The van der Waals surface area contributed by atoms with Crippen molar-refractivity contribution in [3.05, 3.63) is 53.3 Å². The van der Waals surface area contributed by atoms with Gasteiger partial charge in [0, 0.05) is 35.5 Å². The van der Waals surface area contributed by atoms with Crippen molar-refractivity contribution in [1.82, 2.24) is 9.99 Å². The third-order valence-corrected chi connectivity index (χ3v) is 4.34. The molecule has 2 heterocycles. The lowest BCUT2D eigenvalue weighted by Gasteiger charge is -2.19. The average Bonchev–Trinajstić information content (AvgIpc) is 2.98. The van der Waals surface area contributed by atoms with Crippen molar-refractivity contribution in [2.45, 2.75) is 33.1 Å². The third kappa shape index (κ3) is 3.02. The number of hydrogen-bond donors (Lipinski definition) is 1. The van der Waals surface area contributed by atoms with Gasteiger partial charge in [-0.15, -0.1) is 0 Å². The van der Waals surface area contributed by atoms with Crippen molar-refractivity contribution in [3.63, 3.8) is 0 Å². The number of nitrogens with zero attached hydrogens (tertiary/aromatic N) is 2. The van der Waals surface area contributed by atoms with Gasteiger partial charge in [-0.05, 0) is 30.2 Å². The number of hydrogen-bond acceptors (Lipinski definition) is 3. The number of carbonyl (C=O) groups excluding carboxylic acids is 2. The van der Waals surface area contributed by atoms with Gasteiger partial charge >= 0.3 is 0 Å². The van der Waals surface area contributed by atoms with Crippen LogP contribution in [-0.4, -0.2) is 22.5 Å². The highest BCUT2D eigenvalue weighted by Crippen LogP contribution is 2.21. The van der Waals surface area contributed by atoms with Crippen LogP contribution in [0.15, 0.2) is 41.6 Å². The van der Waals surface area contributed by atoms with Crippen LogP contribution >= 0.6 is 0 Å². The van der Waals surface area contributed by atoms with E-state index in [1.54, 1.807) is 0 Å². The van der Waals surface area contributed by atoms with Crippen molar-refractivity contribution in [1.29, 1.82) is 0 Å². The molecule has 0 spiro atoms. The normalized spacial score (nSPS) is 17.3. The standard InChI is InChI=1S/C19H21N3O2/c1-3-4-17-15(12-23)9-10-22(17)16-7-5-14(6-8-16)19-13(2)11-18(24)20-21-19/h5-10,12-13H,3-4,11H2,1-2H3,(H,20,24). The maximum absolute atomic E-state index is 11.4. The van der Waals surface area contributed by atoms with Crippen molar-refractivity contribution in [2.24, 2.45) is 11.0 Å². The first-order chi connectivity index (χ1) is 11.6. The molecule has 0 bridgehead atoms. The summed E-state index contributed by atoms with van der Waals surface area (Å²) >= 11 is 0. The molecule has 5 heteroatoms. The first-order valence-corrected chi connectivity index (χ1v) is 8.26. The molecule has 24 heavy (non-hydrogen) atoms. The summed E-state index contributed by atoms with van der Waals surface area (Å²) in [5.74, 6) is 0.0642. The SMILES string of the molecule is CCCc1c(C=O)ccn1-c1ccc(C2=NNC(=O)CC2C)cc1. The maximum atomic E-state index is 11.4. The summed E-state index contributed by atoms with van der Waals surface area (Å²) in [4.78, 5) is 22.6. The molecule has 1 aliphatic heterocycles. The molecule has 0 saturated heterocycles. The molecule has 0 aliphatic carbocycles. The third-order valence-electron chi connectivity index (χ3n) is 4.34. The Balaban J connectivity index is 1.92. The van der Waals surface area contributed by atoms with E-state index in [1.165, 1.54) is 0 Å². The second kappa shape index (κ2) is 6.83. The van der Waals surface area contributed by atoms with Crippen LogP contribution < -0.4 is 5.43 Å². The van der Waals surface area contributed by atoms with E-state index >= 15 is 0 Å². The molecule has 2 aromatic rings. The highest BCUT2D eigenvalue weighted by atomic mass is 16.2. The first kappa shape index (κ1) is 16.2. The van der Waals surface area contributed by atoms with Gasteiger partial charge in [-0.25, -0.2) is 5.43 Å². The second-order valence-electron chi connectivity index (χ2n) is 6.14. The summed E-state index contributed by atoms with van der Waals surface area (Å²) in [5.41, 5.74) is 7.25. The molecule has 0 fully saturated rings. The molecule has 0 radical (unpaired) electrons. The van der Waals surface area contributed by atoms with Gasteiger partial charge in [-0.3, -0.25) is 9.59 Å². The Morgan fingerprint density at radius 3 is 2.67 bits per heavy atom. The topological polar surface area (TPSA) is 63.5 Å². The first-order valence-electron chi connectivity index (χ1n) is 8.26. The smallest absolute Gasteiger partial charge is 0.240 e. The molecule has 1 atom stereocenters. The molecular formula is C19H21N3O2. The van der Waals surface area contributed by atoms with Crippen molar-refractivity contribution < 1.29 is 9.59 Å². The number of hydrazone groups is 1. The lowest BCUT2D eigenvalue weighted by atomic mass is 9.94. The molecule has 1 aliphatic rings. The van der Waals surface area contributed by atoms with Gasteiger partial charge in [0.25, 0.3) is 0 Å². The highest BCUT2D eigenvalue weighted by molar-refractivity contribution is 6.05. The molecule has 1 N–H and O–H groups in total. The molecule has 0 saturated carbocycles. The van der Waals surface area contributed by atoms with Gasteiger partial charge in [-0.1, -0.05) is 32.4 Å². The van der Waals surface area contributed by atoms with Crippen LogP contribution in [0, 0.1) is 5.92 Å². The number of nitrogens with one attached hydrogen (secondary N) is 1. The van der Waals surface area contributed by atoms with Crippen molar-refractivity contribution in [3.8, 4) is 5.69 Å². The number of aldehydes is 1. The Morgan fingerprint density at radius 2 is 2.04 bits per heavy atom. The fourth-order valence-corrected chi connectivity index (χ4v) is 3.13. The number of carbonyl (C=O) groups is 2. The number of amides is 1. The van der Waals surface area contributed by atoms with Crippen LogP contribution in [0.1, 0.15) is 48.3 Å². The van der Waals surface area contributed by atoms with Crippen LogP contribution in [0.25, 0.3) is 5.69 Å². The van der Waals surface area contributed by atoms with Crippen LogP contribution in [0.2, 0.25) is 0 Å². The number of rotatable bonds is 5. The summed E-state index contributed by atoms with van der Waals surface area (Å²) in [6.07, 6.45) is 5.15. The van der Waals surface area contributed by atoms with E-state index in [2.05, 4.69) is 22.0 Å². The fourth-order valence-electron chi connectivity index (χ4n) is 3.13. The van der Waals surface area contributed by atoms with E-state index in [4.69, 9.17) is 0 Å². The number of aromatic nitrogens is 1. The van der Waals surface area contributed by atoms with E-state index in [-0.39, 0.29) is 11.8 Å². The maximum Gasteiger partial charge on any atom is 0.240 e. The second-order valence-corrected chi connectivity index (χ2v) is 6.14. The average molecular weight is 323 g/mol. The Morgan fingerprint density at radius 1 is 1.29 bits per heavy atom. The fraction of sp³-hybridized carbons (Fsp3) is 0.316. The van der Waals surface area contributed by atoms with E-state index in [1.807, 2.05) is 43.5 Å². The van der Waals surface area contributed by atoms with Gasteiger partial charge in [-0.2, -0.15) is 5.10 Å². The predicted molar refractivity (Wildman–Crippen MR) is 93.6 cm³/mol. The molecule has 1 amide bonds. The summed E-state index contributed by atoms with van der Waals surface area (Å²) in [5, 5.41) is 4.19. The lowest BCUT2D eigenvalue weighted by Crippen LogP contribution is -2.31. The molecule has 1 unspecified atom stereocenters. The van der Waals surface area contributed by atoms with Crippen molar-refractivity contribution >= 4 is 17.9 Å². The summed E-state index contributed by atoms with van der Waals surface area (Å²) in [7, 11) is 0. The minimum Gasteiger partial charge on any atom is -0.320 e. The van der Waals surface area contributed by atoms with Gasteiger partial charge < -0.3 is 4.57 Å². The largest absolute Gasteiger partial charge is 0.320 e. The van der Waals surface area contributed by atoms with Gasteiger partial charge in [0.15, 0.2) is 6.29 Å². The Bertz CT molecular complexity index is 787. The zero-order valence-electron chi connectivity index (χ0n) is 14.0. The number of benzene rings is 1. The van der Waals surface area contributed by atoms with E-state index in [9.17, 15) is 9.59 Å². The zero-order chi connectivity index (χ0) is 17.1. The Kier molecular flexibility index (Phi) is 4.60. The van der Waals surface area contributed by atoms with Gasteiger partial charge in [0.05, 0.1) is 5.71 Å². The lowest BCUT2D eigenvalue weighted by molar-refractivity contribution is -0.121. The summed E-state index contributed by atoms with van der Waals surface area (Å²) in [6.45, 7) is 4.11. The predicted octanol–water partition coefficient (Wildman–Crippen LogP) is 3.10. The monoisotopic (exact) mass is 323 g/mol. The Hall–Kier alpha value is -2.69. The van der Waals surface area contributed by atoms with E-state index < -0.39 is 0 Å². The van der Waals surface area contributed by atoms with Crippen LogP contribution in [0.5, 0.6) is 0 Å². The van der Waals surface area contributed by atoms with Crippen LogP contribution in [-0.2, 0) is 11.2 Å². The van der Waals surface area contributed by atoms with Crippen LogP contribution in [0.4, 0.5) is 0 Å². The minimum atomic E-state index is -0.0409. The summed E-state index contributed by atoms with van der Waals surface area (Å²) < 4.78 is 2.06. The molecule has 1 aromatic carbocycles. The molecule has 3 rings (SSSR count). The molecule has 5 nitrogen and oxygen atoms in total. The molecule has 124 valence electrons. The molecule has 1 aromatic heterocycles. The van der Waals surface area contributed by atoms with Crippen molar-refractivity contribution in [2.75, 3.05) is 0 Å². The van der Waals surface area contributed by atoms with Crippen LogP contribution in [0.3, 0.4) is 0 Å². The highest BCUT2D eigenvalue weighted by Gasteiger charge is 2.21. The zero-order valence-corrected chi connectivity index (χ0v) is 14.0. The quantitative estimate of drug-likeness (QED) is 0.859. The van der Waals surface area contributed by atoms with Gasteiger partial charge in [0.2, 0.25) is 5.91 Å². The van der Waals surface area contributed by atoms with E-state index in [0.717, 1.165) is 47.3 Å².